The molecule has 0 bridgehead atoms. The lowest BCUT2D eigenvalue weighted by Crippen LogP contribution is -2.61. The van der Waals surface area contributed by atoms with Crippen LogP contribution in [0.3, 0.4) is 0 Å². The summed E-state index contributed by atoms with van der Waals surface area (Å²) in [6.45, 7) is 9.09. The number of benzene rings is 3. The number of urea groups is 1. The number of rotatable bonds is 12. The maximum atomic E-state index is 13.9. The Hall–Kier alpha value is -4.29. The zero-order chi connectivity index (χ0) is 39.8. The highest BCUT2D eigenvalue weighted by molar-refractivity contribution is 5.84. The molecule has 2 aliphatic heterocycles. The molecule has 0 unspecified atom stereocenters. The predicted octanol–water partition coefficient (Wildman–Crippen LogP) is 6.49. The Balaban J connectivity index is 1.18. The van der Waals surface area contributed by atoms with E-state index in [1.54, 1.807) is 0 Å². The molecule has 3 amide bonds. The monoisotopic (exact) mass is 768 g/mol. The van der Waals surface area contributed by atoms with E-state index in [1.165, 1.54) is 26.4 Å². The van der Waals surface area contributed by atoms with E-state index in [-0.39, 0.29) is 48.8 Å². The topological polar surface area (TPSA) is 138 Å². The maximum absolute atomic E-state index is 13.9. The molecule has 4 N–H and O–H groups in total. The number of esters is 1. The van der Waals surface area contributed by atoms with Crippen LogP contribution in [0.5, 0.6) is 0 Å². The molecule has 3 aromatic rings. The van der Waals surface area contributed by atoms with Crippen molar-refractivity contribution in [2.45, 2.75) is 128 Å². The third-order valence-electron chi connectivity index (χ3n) is 11.6. The van der Waals surface area contributed by atoms with Gasteiger partial charge in [-0.3, -0.25) is 9.69 Å². The molecule has 1 saturated carbocycles. The summed E-state index contributed by atoms with van der Waals surface area (Å²) in [6, 6.07) is 24.0. The highest BCUT2D eigenvalue weighted by Crippen LogP contribution is 2.44. The van der Waals surface area contributed by atoms with Gasteiger partial charge in [0.15, 0.2) is 6.29 Å². The van der Waals surface area contributed by atoms with E-state index in [4.69, 9.17) is 14.2 Å². The number of hydrogen-bond donors (Lipinski definition) is 4. The van der Waals surface area contributed by atoms with Gasteiger partial charge in [0.05, 0.1) is 32.0 Å². The molecular formula is C45H60N4O7. The van der Waals surface area contributed by atoms with Crippen LogP contribution < -0.4 is 16.0 Å². The number of likely N-dealkylation sites (tertiary alicyclic amines) is 1. The molecular weight excluding hydrogens is 709 g/mol. The van der Waals surface area contributed by atoms with Crippen molar-refractivity contribution in [3.8, 4) is 0 Å². The first-order valence-electron chi connectivity index (χ1n) is 20.3. The van der Waals surface area contributed by atoms with Crippen LogP contribution in [-0.2, 0) is 43.4 Å². The highest BCUT2D eigenvalue weighted by Gasteiger charge is 2.46. The smallest absolute Gasteiger partial charge is 0.328 e. The molecule has 3 aromatic carbocycles. The minimum atomic E-state index is -0.828. The quantitative estimate of drug-likeness (QED) is 0.154. The average Bonchev–Trinajstić information content (AvgIpc) is 3.20. The lowest BCUT2D eigenvalue weighted by Gasteiger charge is -2.51. The molecule has 56 heavy (non-hydrogen) atoms. The number of amides is 3. The molecule has 1 aliphatic carbocycles. The number of ether oxygens (including phenoxy) is 3. The number of fused-ring (bicyclic) bond motifs is 1. The number of aliphatic hydroxyl groups is 1. The molecule has 2 heterocycles. The van der Waals surface area contributed by atoms with Gasteiger partial charge in [-0.2, -0.15) is 0 Å². The average molecular weight is 769 g/mol. The Bertz CT molecular complexity index is 1750. The van der Waals surface area contributed by atoms with Crippen LogP contribution >= 0.6 is 0 Å². The standard InChI is InChI=1S/C45H60N4O7/c1-29-39(27-49-37-14-10-9-13-33(37)23-24-38(49)41(51)48-45(2,3)4)55-43(56-40(29)34-19-17-32(28-50)18-20-34)35-21-15-31(16-22-35)26-46-44(53)47-36(42(52)54-5)25-30-11-7-6-8-12-30/h6-8,11-12,15-22,29,33,36-40,43,50H,9-10,13-14,23-28H2,1-5H3,(H,48,51)(H2,46,47,53)/t29-,33-,36+,37-,38-,39+,40+,43+/m1/s1. The zero-order valence-corrected chi connectivity index (χ0v) is 33.5. The molecule has 302 valence electrons. The van der Waals surface area contributed by atoms with Crippen molar-refractivity contribution >= 4 is 17.9 Å². The first-order valence-corrected chi connectivity index (χ1v) is 20.3. The van der Waals surface area contributed by atoms with Gasteiger partial charge < -0.3 is 35.3 Å². The Kier molecular flexibility index (Phi) is 13.9. The van der Waals surface area contributed by atoms with Gasteiger partial charge in [-0.25, -0.2) is 9.59 Å². The lowest BCUT2D eigenvalue weighted by atomic mass is 9.75. The lowest BCUT2D eigenvalue weighted by molar-refractivity contribution is -0.278. The van der Waals surface area contributed by atoms with E-state index >= 15 is 0 Å². The van der Waals surface area contributed by atoms with Crippen LogP contribution in [0.25, 0.3) is 0 Å². The first kappa shape index (κ1) is 41.3. The van der Waals surface area contributed by atoms with Gasteiger partial charge in [0, 0.05) is 42.6 Å². The second-order valence-electron chi connectivity index (χ2n) is 16.8. The van der Waals surface area contributed by atoms with Crippen molar-refractivity contribution in [3.05, 3.63) is 107 Å². The van der Waals surface area contributed by atoms with E-state index < -0.39 is 24.3 Å². The second kappa shape index (κ2) is 18.8. The van der Waals surface area contributed by atoms with Crippen LogP contribution in [0, 0.1) is 11.8 Å². The number of carbonyl (C=O) groups is 3. The van der Waals surface area contributed by atoms with Gasteiger partial charge in [0.2, 0.25) is 5.91 Å². The third kappa shape index (κ3) is 10.6. The summed E-state index contributed by atoms with van der Waals surface area (Å²) in [6.07, 6.45) is 5.72. The number of hydrogen-bond acceptors (Lipinski definition) is 8. The van der Waals surface area contributed by atoms with Gasteiger partial charge in [0.25, 0.3) is 0 Å². The molecule has 0 radical (unpaired) electrons. The van der Waals surface area contributed by atoms with Crippen molar-refractivity contribution < 1.29 is 33.7 Å². The van der Waals surface area contributed by atoms with Crippen LogP contribution in [0.15, 0.2) is 78.9 Å². The normalized spacial score (nSPS) is 26.0. The molecule has 6 rings (SSSR count). The fourth-order valence-corrected chi connectivity index (χ4v) is 8.63. The number of nitrogens with zero attached hydrogens (tertiary/aromatic N) is 1. The molecule has 0 spiro atoms. The van der Waals surface area contributed by atoms with Crippen molar-refractivity contribution in [3.63, 3.8) is 0 Å². The Labute approximate surface area is 331 Å². The largest absolute Gasteiger partial charge is 0.467 e. The van der Waals surface area contributed by atoms with Crippen molar-refractivity contribution in [2.75, 3.05) is 13.7 Å². The fraction of sp³-hybridized carbons (Fsp3) is 0.533. The number of piperidine rings is 1. The van der Waals surface area contributed by atoms with E-state index in [0.717, 1.165) is 47.1 Å². The second-order valence-corrected chi connectivity index (χ2v) is 16.8. The van der Waals surface area contributed by atoms with Crippen molar-refractivity contribution in [1.82, 2.24) is 20.9 Å². The van der Waals surface area contributed by atoms with Crippen LogP contribution in [0.2, 0.25) is 0 Å². The number of aliphatic hydroxyl groups excluding tert-OH is 1. The van der Waals surface area contributed by atoms with Gasteiger partial charge in [0.1, 0.15) is 6.04 Å². The van der Waals surface area contributed by atoms with E-state index in [2.05, 4.69) is 27.8 Å². The summed E-state index contributed by atoms with van der Waals surface area (Å²) >= 11 is 0. The highest BCUT2D eigenvalue weighted by atomic mass is 16.7. The third-order valence-corrected chi connectivity index (χ3v) is 11.6. The summed E-state index contributed by atoms with van der Waals surface area (Å²) < 4.78 is 18.6. The number of carbonyl (C=O) groups excluding carboxylic acids is 3. The summed E-state index contributed by atoms with van der Waals surface area (Å²) in [7, 11) is 1.31. The Morgan fingerprint density at radius 1 is 0.857 bits per heavy atom. The Morgan fingerprint density at radius 3 is 2.21 bits per heavy atom. The molecule has 11 nitrogen and oxygen atoms in total. The first-order chi connectivity index (χ1) is 26.9. The molecule has 0 aromatic heterocycles. The summed E-state index contributed by atoms with van der Waals surface area (Å²) in [5.74, 6) is 0.121. The minimum absolute atomic E-state index is 0.0285. The SMILES string of the molecule is COC(=O)[C@H](Cc1ccccc1)NC(=O)NCc1ccc([C@H]2O[C@@H](CN3[C@@H](C(=O)NC(C)(C)C)CC[C@H]4CCCC[C@H]43)[C@@H](C)[C@@H](c3ccc(CO)cc3)O2)cc1. The minimum Gasteiger partial charge on any atom is -0.467 e. The number of methoxy groups -OCH3 is 1. The summed E-state index contributed by atoms with van der Waals surface area (Å²) in [5, 5.41) is 18.6. The van der Waals surface area contributed by atoms with Gasteiger partial charge in [-0.15, -0.1) is 0 Å². The summed E-state index contributed by atoms with van der Waals surface area (Å²) in [5.41, 5.74) is 4.13. The predicted molar refractivity (Wildman–Crippen MR) is 214 cm³/mol. The van der Waals surface area contributed by atoms with E-state index in [1.807, 2.05) is 99.6 Å². The van der Waals surface area contributed by atoms with Crippen molar-refractivity contribution in [1.29, 1.82) is 0 Å². The van der Waals surface area contributed by atoms with Gasteiger partial charge in [-0.1, -0.05) is 98.6 Å². The van der Waals surface area contributed by atoms with E-state index in [9.17, 15) is 19.5 Å². The number of nitrogens with one attached hydrogen (secondary N) is 3. The maximum Gasteiger partial charge on any atom is 0.328 e. The molecule has 2 saturated heterocycles. The molecule has 8 atom stereocenters. The molecule has 3 aliphatic rings. The summed E-state index contributed by atoms with van der Waals surface area (Å²) in [4.78, 5) is 41.7. The zero-order valence-electron chi connectivity index (χ0n) is 33.5. The van der Waals surface area contributed by atoms with Crippen LogP contribution in [0.4, 0.5) is 4.79 Å². The van der Waals surface area contributed by atoms with E-state index in [0.29, 0.717) is 24.9 Å². The Morgan fingerprint density at radius 2 is 1.54 bits per heavy atom. The van der Waals surface area contributed by atoms with Crippen LogP contribution in [0.1, 0.15) is 106 Å². The fourth-order valence-electron chi connectivity index (χ4n) is 8.63. The van der Waals surface area contributed by atoms with Crippen molar-refractivity contribution in [2.24, 2.45) is 11.8 Å². The van der Waals surface area contributed by atoms with Gasteiger partial charge >= 0.3 is 12.0 Å². The molecule has 3 fully saturated rings. The van der Waals surface area contributed by atoms with Gasteiger partial charge in [-0.05, 0) is 74.6 Å². The molecule has 11 heteroatoms. The van der Waals surface area contributed by atoms with Crippen LogP contribution in [-0.4, -0.2) is 71.3 Å².